The van der Waals surface area contributed by atoms with Gasteiger partial charge in [0.25, 0.3) is 0 Å². The van der Waals surface area contributed by atoms with Gasteiger partial charge in [-0.3, -0.25) is 4.79 Å². The van der Waals surface area contributed by atoms with E-state index in [2.05, 4.69) is 16.4 Å². The molecule has 3 aromatic carbocycles. The Hall–Kier alpha value is -3.42. The van der Waals surface area contributed by atoms with Crippen LogP contribution in [0.4, 0.5) is 0 Å². The summed E-state index contributed by atoms with van der Waals surface area (Å²) in [6.45, 7) is 0.603. The lowest BCUT2D eigenvalue weighted by Gasteiger charge is -2.35. The van der Waals surface area contributed by atoms with E-state index in [-0.39, 0.29) is 17.3 Å². The maximum absolute atomic E-state index is 13.5. The molecule has 168 valence electrons. The lowest BCUT2D eigenvalue weighted by atomic mass is 9.95. The molecule has 4 aromatic rings. The van der Waals surface area contributed by atoms with E-state index in [4.69, 9.17) is 0 Å². The summed E-state index contributed by atoms with van der Waals surface area (Å²) in [7, 11) is -3.83. The molecule has 0 saturated heterocycles. The number of H-pyrrole nitrogens is 1. The smallest absolute Gasteiger partial charge is 0.244 e. The number of para-hydroxylation sites is 1. The number of hydrogen-bond acceptors (Lipinski definition) is 3. The molecule has 0 aliphatic carbocycles. The fourth-order valence-corrected chi connectivity index (χ4v) is 6.07. The second-order valence-electron chi connectivity index (χ2n) is 8.25. The minimum absolute atomic E-state index is 0.175. The molecular weight excluding hydrogens is 434 g/mol. The lowest BCUT2D eigenvalue weighted by molar-refractivity contribution is -0.125. The number of amides is 1. The van der Waals surface area contributed by atoms with Gasteiger partial charge in [0.2, 0.25) is 15.9 Å². The zero-order valence-corrected chi connectivity index (χ0v) is 18.9. The molecule has 2 N–H and O–H groups in total. The van der Waals surface area contributed by atoms with Crippen molar-refractivity contribution in [1.82, 2.24) is 14.6 Å². The summed E-state index contributed by atoms with van der Waals surface area (Å²) < 4.78 is 28.3. The number of hydrogen-bond donors (Lipinski definition) is 2. The van der Waals surface area contributed by atoms with Crippen LogP contribution in [0.5, 0.6) is 0 Å². The van der Waals surface area contributed by atoms with Crippen LogP contribution in [0.25, 0.3) is 10.9 Å². The summed E-state index contributed by atoms with van der Waals surface area (Å²) in [6, 6.07) is 23.3. The van der Waals surface area contributed by atoms with Crippen molar-refractivity contribution in [2.75, 3.05) is 6.54 Å². The Balaban J connectivity index is 1.37. The monoisotopic (exact) mass is 459 g/mol. The summed E-state index contributed by atoms with van der Waals surface area (Å²) in [4.78, 5) is 16.7. The predicted octanol–water partition coefficient (Wildman–Crippen LogP) is 3.64. The first kappa shape index (κ1) is 21.4. The molecule has 1 aromatic heterocycles. The van der Waals surface area contributed by atoms with Gasteiger partial charge in [0.05, 0.1) is 4.90 Å². The van der Waals surface area contributed by atoms with Gasteiger partial charge in [-0.15, -0.1) is 0 Å². The van der Waals surface area contributed by atoms with Crippen molar-refractivity contribution in [3.63, 3.8) is 0 Å². The van der Waals surface area contributed by atoms with E-state index in [1.807, 2.05) is 48.7 Å². The molecular formula is C26H25N3O3S. The molecule has 1 aliphatic rings. The number of nitrogens with one attached hydrogen (secondary N) is 2. The number of nitrogens with zero attached hydrogens (tertiary/aromatic N) is 1. The Bertz CT molecular complexity index is 1400. The molecule has 0 unspecified atom stereocenters. The number of benzene rings is 3. The van der Waals surface area contributed by atoms with Crippen molar-refractivity contribution in [2.45, 2.75) is 30.3 Å². The molecule has 7 heteroatoms. The topological polar surface area (TPSA) is 82.3 Å². The number of aromatic amines is 1. The minimum atomic E-state index is -3.83. The van der Waals surface area contributed by atoms with E-state index in [1.165, 1.54) is 4.31 Å². The third-order valence-electron chi connectivity index (χ3n) is 6.23. The Morgan fingerprint density at radius 3 is 2.45 bits per heavy atom. The molecule has 1 atom stereocenters. The van der Waals surface area contributed by atoms with Crippen LogP contribution in [0.1, 0.15) is 16.7 Å². The number of aromatic nitrogens is 1. The number of carbonyl (C=O) groups is 1. The van der Waals surface area contributed by atoms with Crippen LogP contribution in [0.15, 0.2) is 90.0 Å². The molecule has 5 rings (SSSR count). The van der Waals surface area contributed by atoms with Gasteiger partial charge < -0.3 is 10.3 Å². The zero-order valence-electron chi connectivity index (χ0n) is 18.1. The third-order valence-corrected chi connectivity index (χ3v) is 8.10. The standard InChI is InChI=1S/C26H25N3O3S/c30-26(27-15-14-20-17-28-24-13-7-6-12-23(20)24)25-16-19-8-4-5-9-21(19)18-29(25)33(31,32)22-10-2-1-3-11-22/h1-13,17,25,28H,14-16,18H2,(H,27,30)/t25-/m0/s1. The van der Waals surface area contributed by atoms with E-state index >= 15 is 0 Å². The Morgan fingerprint density at radius 1 is 0.939 bits per heavy atom. The van der Waals surface area contributed by atoms with Gasteiger partial charge in [0.15, 0.2) is 0 Å². The number of carbonyl (C=O) groups excluding carboxylic acids is 1. The fourth-order valence-electron chi connectivity index (χ4n) is 4.48. The van der Waals surface area contributed by atoms with Crippen molar-refractivity contribution in [1.29, 1.82) is 0 Å². The first-order valence-electron chi connectivity index (χ1n) is 11.0. The average molecular weight is 460 g/mol. The first-order chi connectivity index (χ1) is 16.0. The predicted molar refractivity (Wildman–Crippen MR) is 128 cm³/mol. The highest BCUT2D eigenvalue weighted by atomic mass is 32.2. The Morgan fingerprint density at radius 2 is 1.64 bits per heavy atom. The normalized spacial score (nSPS) is 16.4. The molecule has 2 heterocycles. The van der Waals surface area contributed by atoms with Gasteiger partial charge in [-0.1, -0.05) is 60.7 Å². The van der Waals surface area contributed by atoms with Crippen molar-refractivity contribution < 1.29 is 13.2 Å². The summed E-state index contributed by atoms with van der Waals surface area (Å²) in [5, 5.41) is 4.11. The molecule has 0 spiro atoms. The number of sulfonamides is 1. The quantitative estimate of drug-likeness (QED) is 0.462. The highest BCUT2D eigenvalue weighted by Gasteiger charge is 2.39. The molecule has 33 heavy (non-hydrogen) atoms. The summed E-state index contributed by atoms with van der Waals surface area (Å²) in [5.74, 6) is -0.274. The van der Waals surface area contributed by atoms with Gasteiger partial charge in [-0.2, -0.15) is 4.31 Å². The maximum Gasteiger partial charge on any atom is 0.244 e. The van der Waals surface area contributed by atoms with Crippen molar-refractivity contribution in [3.8, 4) is 0 Å². The summed E-state index contributed by atoms with van der Waals surface area (Å²) >= 11 is 0. The van der Waals surface area contributed by atoms with Crippen LogP contribution in [0.3, 0.4) is 0 Å². The van der Waals surface area contributed by atoms with Crippen LogP contribution >= 0.6 is 0 Å². The van der Waals surface area contributed by atoms with Crippen molar-refractivity contribution in [3.05, 3.63) is 102 Å². The first-order valence-corrected chi connectivity index (χ1v) is 12.4. The second-order valence-corrected chi connectivity index (χ2v) is 10.1. The zero-order chi connectivity index (χ0) is 22.8. The summed E-state index contributed by atoms with van der Waals surface area (Å²) in [6.07, 6.45) is 2.96. The van der Waals surface area contributed by atoms with E-state index in [1.54, 1.807) is 30.3 Å². The van der Waals surface area contributed by atoms with E-state index in [0.29, 0.717) is 19.4 Å². The molecule has 6 nitrogen and oxygen atoms in total. The van der Waals surface area contributed by atoms with Crippen LogP contribution in [0, 0.1) is 0 Å². The second kappa shape index (κ2) is 8.84. The van der Waals surface area contributed by atoms with E-state index in [0.717, 1.165) is 27.6 Å². The van der Waals surface area contributed by atoms with Gasteiger partial charge in [-0.05, 0) is 47.7 Å². The van der Waals surface area contributed by atoms with E-state index < -0.39 is 16.1 Å². The highest BCUT2D eigenvalue weighted by Crippen LogP contribution is 2.29. The van der Waals surface area contributed by atoms with Gasteiger partial charge >= 0.3 is 0 Å². The molecule has 0 saturated carbocycles. The largest absolute Gasteiger partial charge is 0.361 e. The number of fused-ring (bicyclic) bond motifs is 2. The van der Waals surface area contributed by atoms with Crippen LogP contribution < -0.4 is 5.32 Å². The molecule has 0 bridgehead atoms. The SMILES string of the molecule is O=C(NCCc1c[nH]c2ccccc12)[C@@H]1Cc2ccccc2CN1S(=O)(=O)c1ccccc1. The van der Waals surface area contributed by atoms with Crippen LogP contribution in [-0.4, -0.2) is 36.2 Å². The van der Waals surface area contributed by atoms with Crippen LogP contribution in [0.2, 0.25) is 0 Å². The van der Waals surface area contributed by atoms with Crippen molar-refractivity contribution >= 4 is 26.8 Å². The molecule has 0 radical (unpaired) electrons. The van der Waals surface area contributed by atoms with Gasteiger partial charge in [-0.25, -0.2) is 8.42 Å². The van der Waals surface area contributed by atoms with E-state index in [9.17, 15) is 13.2 Å². The van der Waals surface area contributed by atoms with Crippen LogP contribution in [-0.2, 0) is 34.2 Å². The maximum atomic E-state index is 13.5. The van der Waals surface area contributed by atoms with Gasteiger partial charge in [0.1, 0.15) is 6.04 Å². The van der Waals surface area contributed by atoms with Crippen molar-refractivity contribution in [2.24, 2.45) is 0 Å². The third kappa shape index (κ3) is 4.17. The average Bonchev–Trinajstić information content (AvgIpc) is 3.27. The number of rotatable bonds is 6. The highest BCUT2D eigenvalue weighted by molar-refractivity contribution is 7.89. The summed E-state index contributed by atoms with van der Waals surface area (Å²) in [5.41, 5.74) is 4.12. The molecule has 1 aliphatic heterocycles. The lowest BCUT2D eigenvalue weighted by Crippen LogP contribution is -2.52. The fraction of sp³-hybridized carbons (Fsp3) is 0.192. The minimum Gasteiger partial charge on any atom is -0.361 e. The molecule has 1 amide bonds. The Labute approximate surface area is 193 Å². The van der Waals surface area contributed by atoms with Gasteiger partial charge in [0, 0.05) is 30.2 Å². The Kier molecular flexibility index (Phi) is 5.74. The molecule has 0 fully saturated rings.